The molecule has 2 nitrogen and oxygen atoms in total. The molecule has 1 unspecified atom stereocenters. The van der Waals surface area contributed by atoms with Crippen LogP contribution in [0.5, 0.6) is 0 Å². The van der Waals surface area contributed by atoms with E-state index < -0.39 is 0 Å². The molecule has 2 heteroatoms. The average molecular weight is 275 g/mol. The topological polar surface area (TPSA) is 23.5 Å². The number of aryl methyl sites for hydroxylation is 2. The molecule has 1 fully saturated rings. The van der Waals surface area contributed by atoms with Gasteiger partial charge in [-0.05, 0) is 44.9 Å². The van der Waals surface area contributed by atoms with Crippen LogP contribution in [0.3, 0.4) is 0 Å². The van der Waals surface area contributed by atoms with Crippen LogP contribution in [0.25, 0.3) is 0 Å². The highest BCUT2D eigenvalue weighted by molar-refractivity contribution is 5.32. The van der Waals surface area contributed by atoms with Crippen LogP contribution >= 0.6 is 0 Å². The number of benzene rings is 1. The van der Waals surface area contributed by atoms with Gasteiger partial charge < -0.3 is 10.0 Å². The largest absolute Gasteiger partial charge is 0.387 e. The summed E-state index contributed by atoms with van der Waals surface area (Å²) in [4.78, 5) is 2.37. The highest BCUT2D eigenvalue weighted by Gasteiger charge is 2.20. The second kappa shape index (κ2) is 7.24. The van der Waals surface area contributed by atoms with Crippen LogP contribution < -0.4 is 0 Å². The lowest BCUT2D eigenvalue weighted by molar-refractivity contribution is 0.0986. The van der Waals surface area contributed by atoms with Gasteiger partial charge in [-0.2, -0.15) is 0 Å². The van der Waals surface area contributed by atoms with E-state index in [0.717, 1.165) is 12.1 Å². The maximum atomic E-state index is 10.5. The van der Waals surface area contributed by atoms with Gasteiger partial charge in [-0.1, -0.05) is 49.4 Å². The Labute approximate surface area is 123 Å². The molecule has 1 aromatic carbocycles. The molecular weight excluding hydrogens is 246 g/mol. The third-order valence-electron chi connectivity index (χ3n) is 4.69. The molecule has 0 heterocycles. The first-order valence-corrected chi connectivity index (χ1v) is 8.03. The van der Waals surface area contributed by atoms with E-state index >= 15 is 0 Å². The van der Waals surface area contributed by atoms with Gasteiger partial charge in [0.25, 0.3) is 0 Å². The Morgan fingerprint density at radius 1 is 1.15 bits per heavy atom. The number of rotatable bonds is 4. The van der Waals surface area contributed by atoms with E-state index in [1.54, 1.807) is 0 Å². The fourth-order valence-corrected chi connectivity index (χ4v) is 3.42. The maximum absolute atomic E-state index is 10.5. The summed E-state index contributed by atoms with van der Waals surface area (Å²) in [5.74, 6) is 0. The van der Waals surface area contributed by atoms with Crippen molar-refractivity contribution in [2.45, 2.75) is 64.5 Å². The number of aliphatic hydroxyl groups excluding tert-OH is 1. The van der Waals surface area contributed by atoms with E-state index in [1.165, 1.54) is 49.7 Å². The quantitative estimate of drug-likeness (QED) is 0.840. The summed E-state index contributed by atoms with van der Waals surface area (Å²) in [5.41, 5.74) is 3.54. The van der Waals surface area contributed by atoms with Crippen LogP contribution in [0, 0.1) is 13.8 Å². The second-order valence-electron chi connectivity index (χ2n) is 6.46. The molecule has 1 aliphatic carbocycles. The Morgan fingerprint density at radius 3 is 2.40 bits per heavy atom. The molecule has 1 N–H and O–H groups in total. The molecule has 1 atom stereocenters. The Bertz CT molecular complexity index is 421. The van der Waals surface area contributed by atoms with Gasteiger partial charge in [-0.15, -0.1) is 0 Å². The molecule has 0 aromatic heterocycles. The fraction of sp³-hybridized carbons (Fsp3) is 0.667. The zero-order valence-electron chi connectivity index (χ0n) is 13.2. The lowest BCUT2D eigenvalue weighted by Gasteiger charge is -2.29. The highest BCUT2D eigenvalue weighted by atomic mass is 16.3. The minimum absolute atomic E-state index is 0.371. The molecule has 0 radical (unpaired) electrons. The van der Waals surface area contributed by atoms with Gasteiger partial charge in [0.05, 0.1) is 6.10 Å². The van der Waals surface area contributed by atoms with Crippen LogP contribution in [0.15, 0.2) is 18.2 Å². The molecule has 1 saturated carbocycles. The normalized spacial score (nSPS) is 19.1. The minimum Gasteiger partial charge on any atom is -0.387 e. The molecule has 1 aromatic rings. The molecule has 112 valence electrons. The van der Waals surface area contributed by atoms with E-state index in [0.29, 0.717) is 6.04 Å². The van der Waals surface area contributed by atoms with E-state index in [-0.39, 0.29) is 6.10 Å². The minimum atomic E-state index is -0.371. The fourth-order valence-electron chi connectivity index (χ4n) is 3.42. The van der Waals surface area contributed by atoms with Crippen molar-refractivity contribution in [1.82, 2.24) is 4.90 Å². The second-order valence-corrected chi connectivity index (χ2v) is 6.46. The van der Waals surface area contributed by atoms with Gasteiger partial charge >= 0.3 is 0 Å². The van der Waals surface area contributed by atoms with Crippen molar-refractivity contribution in [3.8, 4) is 0 Å². The molecular formula is C18H29NO. The number of aliphatic hydroxyl groups is 1. The van der Waals surface area contributed by atoms with Crippen LogP contribution in [-0.2, 0) is 0 Å². The summed E-state index contributed by atoms with van der Waals surface area (Å²) in [6, 6.07) is 6.98. The van der Waals surface area contributed by atoms with Crippen molar-refractivity contribution >= 4 is 0 Å². The van der Waals surface area contributed by atoms with E-state index in [1.807, 2.05) is 0 Å². The Hall–Kier alpha value is -0.860. The summed E-state index contributed by atoms with van der Waals surface area (Å²) < 4.78 is 0. The Balaban J connectivity index is 1.97. The number of likely N-dealkylation sites (N-methyl/N-ethyl adjacent to an activating group) is 1. The predicted octanol–water partition coefficient (Wildman–Crippen LogP) is 3.99. The summed E-state index contributed by atoms with van der Waals surface area (Å²) in [7, 11) is 2.17. The highest BCUT2D eigenvalue weighted by Crippen LogP contribution is 2.24. The van der Waals surface area contributed by atoms with Crippen LogP contribution in [0.4, 0.5) is 0 Å². The molecule has 20 heavy (non-hydrogen) atoms. The van der Waals surface area contributed by atoms with Crippen LogP contribution in [0.2, 0.25) is 0 Å². The van der Waals surface area contributed by atoms with Crippen molar-refractivity contribution in [2.75, 3.05) is 13.6 Å². The van der Waals surface area contributed by atoms with Crippen molar-refractivity contribution in [1.29, 1.82) is 0 Å². The first-order chi connectivity index (χ1) is 9.58. The number of hydrogen-bond acceptors (Lipinski definition) is 2. The van der Waals surface area contributed by atoms with Crippen molar-refractivity contribution in [3.05, 3.63) is 34.9 Å². The molecule has 0 spiro atoms. The lowest BCUT2D eigenvalue weighted by Crippen LogP contribution is -2.34. The molecule has 2 rings (SSSR count). The standard InChI is InChI=1S/C18H29NO/c1-14-10-11-17(15(2)12-14)18(20)13-19(3)16-8-6-4-5-7-9-16/h10-12,16,18,20H,4-9,13H2,1-3H3. The third kappa shape index (κ3) is 4.07. The van der Waals surface area contributed by atoms with Gasteiger partial charge in [-0.25, -0.2) is 0 Å². The van der Waals surface area contributed by atoms with Crippen LogP contribution in [-0.4, -0.2) is 29.6 Å². The third-order valence-corrected chi connectivity index (χ3v) is 4.69. The van der Waals surface area contributed by atoms with Crippen molar-refractivity contribution < 1.29 is 5.11 Å². The average Bonchev–Trinajstić information content (AvgIpc) is 2.67. The molecule has 0 aliphatic heterocycles. The summed E-state index contributed by atoms with van der Waals surface area (Å²) in [5, 5.41) is 10.5. The Kier molecular flexibility index (Phi) is 5.62. The van der Waals surface area contributed by atoms with Gasteiger partial charge in [0.2, 0.25) is 0 Å². The lowest BCUT2D eigenvalue weighted by atomic mass is 10.00. The number of hydrogen-bond donors (Lipinski definition) is 1. The van der Waals surface area contributed by atoms with Gasteiger partial charge in [0.1, 0.15) is 0 Å². The molecule has 0 bridgehead atoms. The van der Waals surface area contributed by atoms with Gasteiger partial charge in [-0.3, -0.25) is 0 Å². The smallest absolute Gasteiger partial charge is 0.0919 e. The maximum Gasteiger partial charge on any atom is 0.0919 e. The van der Waals surface area contributed by atoms with Crippen molar-refractivity contribution in [2.24, 2.45) is 0 Å². The van der Waals surface area contributed by atoms with Gasteiger partial charge in [0, 0.05) is 12.6 Å². The SMILES string of the molecule is Cc1ccc(C(O)CN(C)C2CCCCCC2)c(C)c1. The molecule has 0 amide bonds. The van der Waals surface area contributed by atoms with Crippen molar-refractivity contribution in [3.63, 3.8) is 0 Å². The Morgan fingerprint density at radius 2 is 1.80 bits per heavy atom. The van der Waals surface area contributed by atoms with E-state index in [9.17, 15) is 5.11 Å². The summed E-state index contributed by atoms with van der Waals surface area (Å²) in [6.45, 7) is 4.94. The van der Waals surface area contributed by atoms with Gasteiger partial charge in [0.15, 0.2) is 0 Å². The van der Waals surface area contributed by atoms with E-state index in [2.05, 4.69) is 44.0 Å². The predicted molar refractivity (Wildman–Crippen MR) is 85.0 cm³/mol. The summed E-state index contributed by atoms with van der Waals surface area (Å²) >= 11 is 0. The summed E-state index contributed by atoms with van der Waals surface area (Å²) in [6.07, 6.45) is 7.65. The van der Waals surface area contributed by atoms with Crippen LogP contribution in [0.1, 0.15) is 61.3 Å². The first-order valence-electron chi connectivity index (χ1n) is 8.03. The zero-order valence-corrected chi connectivity index (χ0v) is 13.2. The first kappa shape index (κ1) is 15.5. The zero-order chi connectivity index (χ0) is 14.5. The molecule has 1 aliphatic rings. The molecule has 0 saturated heterocycles. The number of nitrogens with zero attached hydrogens (tertiary/aromatic N) is 1. The van der Waals surface area contributed by atoms with E-state index in [4.69, 9.17) is 0 Å². The monoisotopic (exact) mass is 275 g/mol.